The lowest BCUT2D eigenvalue weighted by atomic mass is 9.53. The van der Waals surface area contributed by atoms with Crippen LogP contribution in [0.25, 0.3) is 11.1 Å². The predicted molar refractivity (Wildman–Crippen MR) is 128 cm³/mol. The highest BCUT2D eigenvalue weighted by atomic mass is 19.3. The fourth-order valence-corrected chi connectivity index (χ4v) is 5.67. The molecule has 0 saturated heterocycles. The number of rotatable bonds is 8. The van der Waals surface area contributed by atoms with Crippen LogP contribution in [0.4, 0.5) is 18.0 Å². The van der Waals surface area contributed by atoms with Gasteiger partial charge in [0.05, 0.1) is 0 Å². The van der Waals surface area contributed by atoms with Gasteiger partial charge in [-0.2, -0.15) is 13.8 Å². The molecule has 8 nitrogen and oxygen atoms in total. The Kier molecular flexibility index (Phi) is 6.03. The molecule has 4 saturated carbocycles. The number of nitrogens with one attached hydrogen (secondary N) is 1. The number of halogens is 3. The lowest BCUT2D eigenvalue weighted by Crippen LogP contribution is -2.50. The van der Waals surface area contributed by atoms with Gasteiger partial charge in [0.25, 0.3) is 5.89 Å². The first-order valence-corrected chi connectivity index (χ1v) is 12.8. The van der Waals surface area contributed by atoms with Gasteiger partial charge < -0.3 is 19.3 Å². The Hall–Kier alpha value is -3.63. The predicted octanol–water partition coefficient (Wildman–Crippen LogP) is 6.07. The summed E-state index contributed by atoms with van der Waals surface area (Å²) in [6, 6.07) is 9.50. The van der Waals surface area contributed by atoms with Crippen molar-refractivity contribution in [2.75, 3.05) is 6.54 Å². The second-order valence-corrected chi connectivity index (χ2v) is 10.7. The van der Waals surface area contributed by atoms with E-state index in [0.717, 1.165) is 44.1 Å². The second-order valence-electron chi connectivity index (χ2n) is 10.7. The lowest BCUT2D eigenvalue weighted by Gasteiger charge is -2.52. The summed E-state index contributed by atoms with van der Waals surface area (Å²) in [5.74, 6) is 0.929. The van der Waals surface area contributed by atoms with Crippen LogP contribution in [0.5, 0.6) is 11.6 Å². The topological polar surface area (TPSA) is 99.4 Å². The molecule has 0 unspecified atom stereocenters. The number of carbonyl (C=O) groups excluding carboxylic acids is 1. The summed E-state index contributed by atoms with van der Waals surface area (Å²) in [5, 5.41) is 7.04. The molecule has 0 atom stereocenters. The van der Waals surface area contributed by atoms with E-state index in [-0.39, 0.29) is 28.4 Å². The molecule has 1 N–H and O–H groups in total. The van der Waals surface area contributed by atoms with Crippen molar-refractivity contribution in [2.45, 2.75) is 69.1 Å². The molecule has 38 heavy (non-hydrogen) atoms. The van der Waals surface area contributed by atoms with Crippen molar-refractivity contribution in [3.63, 3.8) is 0 Å². The third-order valence-electron chi connectivity index (χ3n) is 8.33. The fraction of sp³-hybridized carbons (Fsp3) is 0.481. The first-order valence-electron chi connectivity index (χ1n) is 12.8. The summed E-state index contributed by atoms with van der Waals surface area (Å²) in [7, 11) is 0. The maximum Gasteiger partial charge on any atom is 0.413 e. The van der Waals surface area contributed by atoms with Crippen molar-refractivity contribution < 1.29 is 32.0 Å². The number of pyridine rings is 1. The molecule has 0 radical (unpaired) electrons. The largest absolute Gasteiger partial charge is 0.435 e. The number of ether oxygens (including phenoxy) is 2. The van der Waals surface area contributed by atoms with Crippen LogP contribution in [0.3, 0.4) is 0 Å². The van der Waals surface area contributed by atoms with Crippen LogP contribution in [0.15, 0.2) is 47.1 Å². The zero-order chi connectivity index (χ0) is 26.4. The van der Waals surface area contributed by atoms with Crippen LogP contribution in [0.1, 0.15) is 63.1 Å². The second kappa shape index (κ2) is 9.28. The molecule has 11 heteroatoms. The summed E-state index contributed by atoms with van der Waals surface area (Å²) >= 11 is 0. The zero-order valence-corrected chi connectivity index (χ0v) is 20.6. The molecular formula is C27H27F3N4O4. The number of nitrogens with zero attached hydrogens (tertiary/aromatic N) is 3. The Balaban J connectivity index is 1.03. The first kappa shape index (κ1) is 24.7. The average molecular weight is 529 g/mol. The summed E-state index contributed by atoms with van der Waals surface area (Å²) in [6.45, 7) is -2.40. The van der Waals surface area contributed by atoms with E-state index in [1.54, 1.807) is 24.3 Å². The minimum Gasteiger partial charge on any atom is -0.435 e. The third-order valence-corrected chi connectivity index (χ3v) is 8.33. The van der Waals surface area contributed by atoms with Crippen molar-refractivity contribution in [3.05, 3.63) is 54.3 Å². The van der Waals surface area contributed by atoms with E-state index in [2.05, 4.69) is 25.2 Å². The van der Waals surface area contributed by atoms with Crippen LogP contribution in [0.2, 0.25) is 0 Å². The smallest absolute Gasteiger partial charge is 0.413 e. The number of aromatic nitrogens is 3. The number of hydrogen-bond donors (Lipinski definition) is 1. The van der Waals surface area contributed by atoms with Gasteiger partial charge in [0.1, 0.15) is 5.75 Å². The van der Waals surface area contributed by atoms with Crippen LogP contribution in [0, 0.1) is 5.41 Å². The van der Waals surface area contributed by atoms with Gasteiger partial charge >= 0.3 is 12.7 Å². The zero-order valence-electron chi connectivity index (χ0n) is 20.6. The Labute approximate surface area is 216 Å². The molecule has 4 aliphatic carbocycles. The molecule has 2 heterocycles. The highest BCUT2D eigenvalue weighted by Crippen LogP contribution is 2.57. The summed E-state index contributed by atoms with van der Waals surface area (Å²) in [4.78, 5) is 21.1. The van der Waals surface area contributed by atoms with Crippen molar-refractivity contribution in [1.82, 2.24) is 20.4 Å². The van der Waals surface area contributed by atoms with Crippen molar-refractivity contribution >= 4 is 6.09 Å². The summed E-state index contributed by atoms with van der Waals surface area (Å²) in [5.41, 5.74) is -0.181. The van der Waals surface area contributed by atoms with Crippen LogP contribution >= 0.6 is 0 Å². The number of hydrogen-bond acceptors (Lipinski definition) is 7. The van der Waals surface area contributed by atoms with Crippen molar-refractivity contribution in [2.24, 2.45) is 5.41 Å². The Morgan fingerprint density at radius 3 is 2.37 bits per heavy atom. The standard InChI is InChI=1S/C27H27F3N4O4/c28-23(29)36-19-3-1-17(2-4-19)18-5-14-31-20(15-18)37-24(35)32-16-25-6-9-26(10-7-25,11-8-25)21-33-22(38-34-21)27(30)12-13-27/h1-5,14-15,23H,6-13,16H2,(H,32,35). The van der Waals surface area contributed by atoms with Gasteiger partial charge in [-0.15, -0.1) is 0 Å². The Morgan fingerprint density at radius 2 is 1.71 bits per heavy atom. The first-order chi connectivity index (χ1) is 18.3. The minimum atomic E-state index is -2.89. The Morgan fingerprint density at radius 1 is 1.00 bits per heavy atom. The van der Waals surface area contributed by atoms with E-state index < -0.39 is 18.4 Å². The molecule has 2 bridgehead atoms. The summed E-state index contributed by atoms with van der Waals surface area (Å²) in [6.07, 6.45) is 7.11. The molecule has 4 fully saturated rings. The maximum absolute atomic E-state index is 14.3. The average Bonchev–Trinajstić information content (AvgIpc) is 3.46. The van der Waals surface area contributed by atoms with Gasteiger partial charge in [-0.25, -0.2) is 14.2 Å². The quantitative estimate of drug-likeness (QED) is 0.379. The van der Waals surface area contributed by atoms with Gasteiger partial charge in [0.2, 0.25) is 5.88 Å². The molecule has 200 valence electrons. The molecule has 2 aromatic heterocycles. The number of alkyl halides is 3. The Bertz CT molecular complexity index is 1300. The lowest BCUT2D eigenvalue weighted by molar-refractivity contribution is -0.0498. The van der Waals surface area contributed by atoms with E-state index in [1.165, 1.54) is 18.3 Å². The molecule has 4 aliphatic rings. The molecule has 1 amide bonds. The number of benzene rings is 1. The fourth-order valence-electron chi connectivity index (χ4n) is 5.67. The van der Waals surface area contributed by atoms with Gasteiger partial charge in [0, 0.05) is 24.2 Å². The molecular weight excluding hydrogens is 501 g/mol. The van der Waals surface area contributed by atoms with E-state index >= 15 is 0 Å². The highest BCUT2D eigenvalue weighted by molar-refractivity contribution is 5.71. The van der Waals surface area contributed by atoms with E-state index in [9.17, 15) is 18.0 Å². The van der Waals surface area contributed by atoms with Crippen molar-refractivity contribution in [3.8, 4) is 22.8 Å². The normalized spacial score (nSPS) is 25.3. The molecule has 7 rings (SSSR count). The van der Waals surface area contributed by atoms with Gasteiger partial charge in [-0.05, 0) is 86.1 Å². The van der Waals surface area contributed by atoms with E-state index in [1.807, 2.05) is 0 Å². The van der Waals surface area contributed by atoms with Gasteiger partial charge in [-0.1, -0.05) is 17.3 Å². The monoisotopic (exact) mass is 528 g/mol. The minimum absolute atomic E-state index is 0.0253. The molecule has 0 aliphatic heterocycles. The van der Waals surface area contributed by atoms with Crippen LogP contribution < -0.4 is 14.8 Å². The van der Waals surface area contributed by atoms with E-state index in [4.69, 9.17) is 9.26 Å². The SMILES string of the molecule is O=C(NCC12CCC(c3noc(C4(F)CC4)n3)(CC1)CC2)Oc1cc(-c2ccc(OC(F)F)cc2)ccn1. The number of carbonyl (C=O) groups is 1. The van der Waals surface area contributed by atoms with Gasteiger partial charge in [0.15, 0.2) is 11.5 Å². The third kappa shape index (κ3) is 4.81. The molecule has 1 aromatic carbocycles. The van der Waals surface area contributed by atoms with Crippen molar-refractivity contribution in [1.29, 1.82) is 0 Å². The summed E-state index contributed by atoms with van der Waals surface area (Å²) < 4.78 is 54.1. The van der Waals surface area contributed by atoms with Crippen LogP contribution in [-0.4, -0.2) is 34.4 Å². The van der Waals surface area contributed by atoms with E-state index in [0.29, 0.717) is 30.8 Å². The molecule has 0 spiro atoms. The van der Waals surface area contributed by atoms with Gasteiger partial charge in [-0.3, -0.25) is 0 Å². The maximum atomic E-state index is 14.3. The number of amides is 1. The van der Waals surface area contributed by atoms with Crippen LogP contribution in [-0.2, 0) is 11.1 Å². The highest BCUT2D eigenvalue weighted by Gasteiger charge is 2.54. The molecule has 3 aromatic rings. The number of fused-ring (bicyclic) bond motifs is 3.